The highest BCUT2D eigenvalue weighted by molar-refractivity contribution is 6.32. The Bertz CT molecular complexity index is 513. The quantitative estimate of drug-likeness (QED) is 0.884. The summed E-state index contributed by atoms with van der Waals surface area (Å²) in [5.41, 5.74) is 1.14. The highest BCUT2D eigenvalue weighted by Gasteiger charge is 2.08. The van der Waals surface area contributed by atoms with Crippen LogP contribution in [0.15, 0.2) is 36.7 Å². The third-order valence-electron chi connectivity index (χ3n) is 3.03. The van der Waals surface area contributed by atoms with Crippen molar-refractivity contribution in [1.29, 1.82) is 0 Å². The molecule has 0 fully saturated rings. The summed E-state index contributed by atoms with van der Waals surface area (Å²) in [7, 11) is 1.62. The minimum Gasteiger partial charge on any atom is -0.495 e. The molecule has 0 bridgehead atoms. The van der Waals surface area contributed by atoms with Crippen molar-refractivity contribution in [3.8, 4) is 5.75 Å². The van der Waals surface area contributed by atoms with Gasteiger partial charge in [-0.3, -0.25) is 4.68 Å². The second-order valence-electron chi connectivity index (χ2n) is 4.34. The van der Waals surface area contributed by atoms with E-state index >= 15 is 0 Å². The van der Waals surface area contributed by atoms with Crippen LogP contribution in [-0.4, -0.2) is 23.4 Å². The summed E-state index contributed by atoms with van der Waals surface area (Å²) in [6.45, 7) is 3.81. The number of ether oxygens (including phenoxy) is 1. The minimum atomic E-state index is 0.235. The molecule has 4 nitrogen and oxygen atoms in total. The molecule has 0 spiro atoms. The van der Waals surface area contributed by atoms with Crippen LogP contribution in [0.4, 0.5) is 0 Å². The summed E-state index contributed by atoms with van der Waals surface area (Å²) >= 11 is 6.12. The number of methoxy groups -OCH3 is 1. The highest BCUT2D eigenvalue weighted by atomic mass is 35.5. The first kappa shape index (κ1) is 13.9. The molecule has 0 aliphatic rings. The van der Waals surface area contributed by atoms with Gasteiger partial charge in [0.1, 0.15) is 5.75 Å². The molecule has 19 heavy (non-hydrogen) atoms. The summed E-state index contributed by atoms with van der Waals surface area (Å²) in [5, 5.41) is 8.24. The smallest absolute Gasteiger partial charge is 0.137 e. The van der Waals surface area contributed by atoms with Crippen LogP contribution in [-0.2, 0) is 6.54 Å². The Kier molecular flexibility index (Phi) is 4.82. The number of aromatic nitrogens is 2. The molecule has 102 valence electrons. The number of hydrogen-bond acceptors (Lipinski definition) is 3. The van der Waals surface area contributed by atoms with Crippen LogP contribution in [0.3, 0.4) is 0 Å². The summed E-state index contributed by atoms with van der Waals surface area (Å²) in [6.07, 6.45) is 3.74. The summed E-state index contributed by atoms with van der Waals surface area (Å²) in [5.74, 6) is 0.703. The second-order valence-corrected chi connectivity index (χ2v) is 4.75. The molecular weight excluding hydrogens is 262 g/mol. The van der Waals surface area contributed by atoms with Gasteiger partial charge in [-0.25, -0.2) is 0 Å². The average Bonchev–Trinajstić information content (AvgIpc) is 2.91. The van der Waals surface area contributed by atoms with Crippen LogP contribution in [0.25, 0.3) is 0 Å². The van der Waals surface area contributed by atoms with Gasteiger partial charge < -0.3 is 10.1 Å². The molecule has 0 saturated heterocycles. The Balaban J connectivity index is 1.88. The van der Waals surface area contributed by atoms with Gasteiger partial charge in [0, 0.05) is 25.0 Å². The van der Waals surface area contributed by atoms with Crippen molar-refractivity contribution >= 4 is 11.6 Å². The van der Waals surface area contributed by atoms with Gasteiger partial charge >= 0.3 is 0 Å². The molecule has 0 unspecified atom stereocenters. The van der Waals surface area contributed by atoms with Gasteiger partial charge in [-0.2, -0.15) is 5.10 Å². The van der Waals surface area contributed by atoms with Crippen molar-refractivity contribution < 1.29 is 4.74 Å². The Morgan fingerprint density at radius 1 is 1.47 bits per heavy atom. The monoisotopic (exact) mass is 279 g/mol. The standard InChI is InChI=1S/C14H18ClN3O/c1-11(16-7-9-18-8-3-6-17-18)12-4-5-14(19-2)13(15)10-12/h3-6,8,10-11,16H,7,9H2,1-2H3/t11-/m0/s1. The summed E-state index contributed by atoms with van der Waals surface area (Å²) < 4.78 is 7.05. The first-order valence-corrected chi connectivity index (χ1v) is 6.62. The number of nitrogens with one attached hydrogen (secondary N) is 1. The normalized spacial score (nSPS) is 12.4. The van der Waals surface area contributed by atoms with Crippen molar-refractivity contribution in [2.45, 2.75) is 19.5 Å². The first-order chi connectivity index (χ1) is 9.20. The molecule has 2 rings (SSSR count). The topological polar surface area (TPSA) is 39.1 Å². The first-order valence-electron chi connectivity index (χ1n) is 6.25. The van der Waals surface area contributed by atoms with E-state index in [9.17, 15) is 0 Å². The van der Waals surface area contributed by atoms with Gasteiger partial charge in [0.15, 0.2) is 0 Å². The van der Waals surface area contributed by atoms with E-state index in [1.165, 1.54) is 0 Å². The number of rotatable bonds is 6. The predicted molar refractivity (Wildman–Crippen MR) is 76.6 cm³/mol. The Hall–Kier alpha value is -1.52. The third kappa shape index (κ3) is 3.72. The van der Waals surface area contributed by atoms with Crippen LogP contribution >= 0.6 is 11.6 Å². The molecule has 0 radical (unpaired) electrons. The molecule has 2 aromatic rings. The number of nitrogens with zero attached hydrogens (tertiary/aromatic N) is 2. The van der Waals surface area contributed by atoms with Gasteiger partial charge in [0.05, 0.1) is 18.7 Å². The zero-order chi connectivity index (χ0) is 13.7. The minimum absolute atomic E-state index is 0.235. The third-order valence-corrected chi connectivity index (χ3v) is 3.32. The van der Waals surface area contributed by atoms with Crippen molar-refractivity contribution in [2.24, 2.45) is 0 Å². The molecule has 1 heterocycles. The molecular formula is C14H18ClN3O. The molecule has 1 atom stereocenters. The van der Waals surface area contributed by atoms with Gasteiger partial charge in [0.25, 0.3) is 0 Å². The Labute approximate surface area is 118 Å². The zero-order valence-corrected chi connectivity index (χ0v) is 11.9. The van der Waals surface area contributed by atoms with Crippen molar-refractivity contribution in [1.82, 2.24) is 15.1 Å². The van der Waals surface area contributed by atoms with E-state index in [2.05, 4.69) is 17.3 Å². The molecule has 1 aromatic heterocycles. The maximum atomic E-state index is 6.12. The summed E-state index contributed by atoms with van der Waals surface area (Å²) in [6, 6.07) is 8.01. The van der Waals surface area contributed by atoms with Crippen molar-refractivity contribution in [2.75, 3.05) is 13.7 Å². The predicted octanol–water partition coefficient (Wildman–Crippen LogP) is 2.90. The summed E-state index contributed by atoms with van der Waals surface area (Å²) in [4.78, 5) is 0. The number of halogens is 1. The van der Waals surface area contributed by atoms with Crippen LogP contribution in [0.1, 0.15) is 18.5 Å². The Morgan fingerprint density at radius 3 is 2.95 bits per heavy atom. The SMILES string of the molecule is COc1ccc([C@H](C)NCCn2cccn2)cc1Cl. The van der Waals surface area contributed by atoms with E-state index in [0.717, 1.165) is 18.7 Å². The van der Waals surface area contributed by atoms with Crippen LogP contribution in [0.2, 0.25) is 5.02 Å². The Morgan fingerprint density at radius 2 is 2.32 bits per heavy atom. The van der Waals surface area contributed by atoms with Crippen LogP contribution in [0, 0.1) is 0 Å². The van der Waals surface area contributed by atoms with Crippen molar-refractivity contribution in [3.63, 3.8) is 0 Å². The van der Waals surface area contributed by atoms with Crippen LogP contribution in [0.5, 0.6) is 5.75 Å². The molecule has 1 aromatic carbocycles. The molecule has 0 saturated carbocycles. The fraction of sp³-hybridized carbons (Fsp3) is 0.357. The molecule has 0 aliphatic carbocycles. The average molecular weight is 280 g/mol. The zero-order valence-electron chi connectivity index (χ0n) is 11.1. The van der Waals surface area contributed by atoms with E-state index in [-0.39, 0.29) is 6.04 Å². The van der Waals surface area contributed by atoms with Crippen molar-refractivity contribution in [3.05, 3.63) is 47.2 Å². The van der Waals surface area contributed by atoms with E-state index in [0.29, 0.717) is 10.8 Å². The lowest BCUT2D eigenvalue weighted by Crippen LogP contribution is -2.23. The van der Waals surface area contributed by atoms with E-state index in [4.69, 9.17) is 16.3 Å². The van der Waals surface area contributed by atoms with Gasteiger partial charge in [-0.15, -0.1) is 0 Å². The lowest BCUT2D eigenvalue weighted by Gasteiger charge is -2.15. The van der Waals surface area contributed by atoms with E-state index in [1.54, 1.807) is 13.3 Å². The second kappa shape index (κ2) is 6.59. The highest BCUT2D eigenvalue weighted by Crippen LogP contribution is 2.27. The van der Waals surface area contributed by atoms with Gasteiger partial charge in [-0.05, 0) is 30.7 Å². The lowest BCUT2D eigenvalue weighted by atomic mass is 10.1. The van der Waals surface area contributed by atoms with Gasteiger partial charge in [-0.1, -0.05) is 17.7 Å². The molecule has 0 aliphatic heterocycles. The number of hydrogen-bond donors (Lipinski definition) is 1. The lowest BCUT2D eigenvalue weighted by molar-refractivity contribution is 0.414. The maximum Gasteiger partial charge on any atom is 0.137 e. The molecule has 5 heteroatoms. The molecule has 0 amide bonds. The number of benzene rings is 1. The fourth-order valence-electron chi connectivity index (χ4n) is 1.90. The fourth-order valence-corrected chi connectivity index (χ4v) is 2.16. The van der Waals surface area contributed by atoms with Gasteiger partial charge in [0.2, 0.25) is 0 Å². The maximum absolute atomic E-state index is 6.12. The molecule has 1 N–H and O–H groups in total. The van der Waals surface area contributed by atoms with E-state index in [1.807, 2.05) is 35.1 Å². The largest absolute Gasteiger partial charge is 0.495 e. The van der Waals surface area contributed by atoms with E-state index < -0.39 is 0 Å². The van der Waals surface area contributed by atoms with Crippen LogP contribution < -0.4 is 10.1 Å².